The third kappa shape index (κ3) is 4.75. The molecule has 0 aliphatic carbocycles. The topological polar surface area (TPSA) is 61.8 Å². The van der Waals surface area contributed by atoms with Crippen molar-refractivity contribution in [2.24, 2.45) is 4.99 Å². The molecule has 1 aliphatic rings. The molecule has 28 heavy (non-hydrogen) atoms. The summed E-state index contributed by atoms with van der Waals surface area (Å²) in [7, 11) is 1.69. The maximum absolute atomic E-state index is 12.5. The Balaban J connectivity index is 1.68. The van der Waals surface area contributed by atoms with Crippen LogP contribution >= 0.6 is 23.4 Å². The number of rotatable bonds is 5. The zero-order chi connectivity index (χ0) is 20.3. The Morgan fingerprint density at radius 3 is 2.64 bits per heavy atom. The molecule has 1 saturated heterocycles. The molecule has 7 heteroatoms. The van der Waals surface area contributed by atoms with Crippen LogP contribution in [0, 0.1) is 6.92 Å². The minimum atomic E-state index is -0.488. The molecule has 3 rings (SSSR count). The number of thioether (sulfide) groups is 1. The van der Waals surface area contributed by atoms with E-state index in [2.05, 4.69) is 17.2 Å². The van der Waals surface area contributed by atoms with Gasteiger partial charge < -0.3 is 5.32 Å². The van der Waals surface area contributed by atoms with E-state index in [0.29, 0.717) is 15.9 Å². The Morgan fingerprint density at radius 2 is 1.96 bits per heavy atom. The van der Waals surface area contributed by atoms with E-state index in [1.54, 1.807) is 19.2 Å². The van der Waals surface area contributed by atoms with Crippen LogP contribution in [0.1, 0.15) is 24.5 Å². The molecule has 2 amide bonds. The zero-order valence-corrected chi connectivity index (χ0v) is 17.6. The predicted molar refractivity (Wildman–Crippen MR) is 116 cm³/mol. The van der Waals surface area contributed by atoms with Crippen molar-refractivity contribution >= 4 is 51.7 Å². The molecule has 1 fully saturated rings. The molecule has 5 nitrogen and oxygen atoms in total. The van der Waals surface area contributed by atoms with Gasteiger partial charge in [-0.3, -0.25) is 14.5 Å². The predicted octanol–water partition coefficient (Wildman–Crippen LogP) is 4.80. The molecule has 1 aliphatic heterocycles. The maximum atomic E-state index is 12.5. The summed E-state index contributed by atoms with van der Waals surface area (Å²) < 4.78 is 0. The van der Waals surface area contributed by atoms with Gasteiger partial charge >= 0.3 is 0 Å². The molecular formula is C21H22ClN3O2S. The van der Waals surface area contributed by atoms with E-state index < -0.39 is 5.25 Å². The molecule has 0 bridgehead atoms. The van der Waals surface area contributed by atoms with Crippen molar-refractivity contribution in [1.82, 2.24) is 4.90 Å². The Bertz CT molecular complexity index is 928. The number of benzene rings is 2. The van der Waals surface area contributed by atoms with E-state index in [9.17, 15) is 9.59 Å². The summed E-state index contributed by atoms with van der Waals surface area (Å²) in [5, 5.41) is 3.51. The average Bonchev–Trinajstić information content (AvgIpc) is 2.93. The van der Waals surface area contributed by atoms with E-state index >= 15 is 0 Å². The normalized spacial score (nSPS) is 18.0. The van der Waals surface area contributed by atoms with Gasteiger partial charge in [-0.05, 0) is 48.7 Å². The van der Waals surface area contributed by atoms with Crippen molar-refractivity contribution in [3.63, 3.8) is 0 Å². The van der Waals surface area contributed by atoms with Crippen molar-refractivity contribution in [3.8, 4) is 0 Å². The highest BCUT2D eigenvalue weighted by atomic mass is 35.5. The van der Waals surface area contributed by atoms with Crippen molar-refractivity contribution < 1.29 is 9.59 Å². The van der Waals surface area contributed by atoms with E-state index in [-0.39, 0.29) is 18.2 Å². The van der Waals surface area contributed by atoms with Crippen LogP contribution in [-0.2, 0) is 16.0 Å². The fourth-order valence-electron chi connectivity index (χ4n) is 2.81. The second kappa shape index (κ2) is 8.80. The highest BCUT2D eigenvalue weighted by Crippen LogP contribution is 2.31. The van der Waals surface area contributed by atoms with Gasteiger partial charge in [-0.15, -0.1) is 0 Å². The van der Waals surface area contributed by atoms with Crippen LogP contribution < -0.4 is 5.32 Å². The first kappa shape index (κ1) is 20.4. The first-order valence-corrected chi connectivity index (χ1v) is 10.3. The van der Waals surface area contributed by atoms with E-state index in [1.807, 2.05) is 37.3 Å². The smallest absolute Gasteiger partial charge is 0.242 e. The molecule has 0 aromatic heterocycles. The molecule has 2 aromatic rings. The standard InChI is InChI=1S/C21H22ClN3O2S/c1-4-14-6-9-16(10-7-14)23-21-25(3)20(27)18(28-21)12-19(26)24-17-11-15(22)8-5-13(17)2/h5-11,18H,4,12H2,1-3H3,(H,24,26)/t18-/m0/s1. The van der Waals surface area contributed by atoms with Crippen LogP contribution in [0.3, 0.4) is 0 Å². The second-order valence-corrected chi connectivity index (χ2v) is 8.24. The summed E-state index contributed by atoms with van der Waals surface area (Å²) in [4.78, 5) is 31.1. The van der Waals surface area contributed by atoms with Gasteiger partial charge in [0.05, 0.1) is 5.69 Å². The molecule has 1 heterocycles. The summed E-state index contributed by atoms with van der Waals surface area (Å²) in [5.74, 6) is -0.343. The van der Waals surface area contributed by atoms with Crippen LogP contribution in [0.2, 0.25) is 5.02 Å². The van der Waals surface area contributed by atoms with Gasteiger partial charge in [-0.25, -0.2) is 4.99 Å². The number of anilines is 1. The summed E-state index contributed by atoms with van der Waals surface area (Å²) in [5.41, 5.74) is 3.60. The average molecular weight is 416 g/mol. The van der Waals surface area contributed by atoms with Crippen LogP contribution in [0.4, 0.5) is 11.4 Å². The first-order valence-electron chi connectivity index (χ1n) is 9.05. The summed E-state index contributed by atoms with van der Waals surface area (Å²) in [6.45, 7) is 3.99. The largest absolute Gasteiger partial charge is 0.326 e. The summed E-state index contributed by atoms with van der Waals surface area (Å²) in [6, 6.07) is 13.2. The Morgan fingerprint density at radius 1 is 1.25 bits per heavy atom. The lowest BCUT2D eigenvalue weighted by atomic mass is 10.2. The minimum Gasteiger partial charge on any atom is -0.326 e. The van der Waals surface area contributed by atoms with Gasteiger partial charge in [0, 0.05) is 24.2 Å². The number of halogens is 1. The molecular weight excluding hydrogens is 394 g/mol. The van der Waals surface area contributed by atoms with Crippen LogP contribution in [0.5, 0.6) is 0 Å². The number of aryl methyl sites for hydroxylation is 2. The monoisotopic (exact) mass is 415 g/mol. The molecule has 0 unspecified atom stereocenters. The maximum Gasteiger partial charge on any atom is 0.242 e. The minimum absolute atomic E-state index is 0.0770. The van der Waals surface area contributed by atoms with Gasteiger partial charge in [0.2, 0.25) is 11.8 Å². The highest BCUT2D eigenvalue weighted by molar-refractivity contribution is 8.15. The van der Waals surface area contributed by atoms with Crippen molar-refractivity contribution in [1.29, 1.82) is 0 Å². The third-order valence-electron chi connectivity index (χ3n) is 4.55. The summed E-state index contributed by atoms with van der Waals surface area (Å²) >= 11 is 7.31. The van der Waals surface area contributed by atoms with Gasteiger partial charge in [0.1, 0.15) is 5.25 Å². The molecule has 146 valence electrons. The molecule has 1 N–H and O–H groups in total. The van der Waals surface area contributed by atoms with Crippen LogP contribution in [0.15, 0.2) is 47.5 Å². The van der Waals surface area contributed by atoms with Crippen molar-refractivity contribution in [2.75, 3.05) is 12.4 Å². The van der Waals surface area contributed by atoms with Gasteiger partial charge in [-0.2, -0.15) is 0 Å². The number of nitrogens with zero attached hydrogens (tertiary/aromatic N) is 2. The quantitative estimate of drug-likeness (QED) is 0.762. The molecule has 2 aromatic carbocycles. The zero-order valence-electron chi connectivity index (χ0n) is 16.0. The lowest BCUT2D eigenvalue weighted by molar-refractivity contribution is -0.127. The first-order chi connectivity index (χ1) is 13.4. The third-order valence-corrected chi connectivity index (χ3v) is 6.02. The van der Waals surface area contributed by atoms with E-state index in [0.717, 1.165) is 17.7 Å². The van der Waals surface area contributed by atoms with Crippen LogP contribution in [-0.4, -0.2) is 34.2 Å². The van der Waals surface area contributed by atoms with E-state index in [1.165, 1.54) is 22.2 Å². The fourth-order valence-corrected chi connectivity index (χ4v) is 4.14. The number of carbonyl (C=O) groups excluding carboxylic acids is 2. The van der Waals surface area contributed by atoms with E-state index in [4.69, 9.17) is 11.6 Å². The van der Waals surface area contributed by atoms with Crippen LogP contribution in [0.25, 0.3) is 0 Å². The molecule has 0 radical (unpaired) electrons. The fraction of sp³-hybridized carbons (Fsp3) is 0.286. The lowest BCUT2D eigenvalue weighted by Crippen LogP contribution is -2.30. The Labute approximate surface area is 174 Å². The number of amidine groups is 1. The van der Waals surface area contributed by atoms with Crippen molar-refractivity contribution in [2.45, 2.75) is 31.9 Å². The Kier molecular flexibility index (Phi) is 6.42. The van der Waals surface area contributed by atoms with Gasteiger partial charge in [0.15, 0.2) is 5.17 Å². The second-order valence-electron chi connectivity index (χ2n) is 6.63. The number of carbonyl (C=O) groups is 2. The number of hydrogen-bond acceptors (Lipinski definition) is 4. The SMILES string of the molecule is CCc1ccc(N=C2S[C@@H](CC(=O)Nc3cc(Cl)ccc3C)C(=O)N2C)cc1. The number of nitrogens with one attached hydrogen (secondary N) is 1. The lowest BCUT2D eigenvalue weighted by Gasteiger charge is -2.11. The summed E-state index contributed by atoms with van der Waals surface area (Å²) in [6.07, 6.45) is 1.04. The highest BCUT2D eigenvalue weighted by Gasteiger charge is 2.37. The number of amides is 2. The molecule has 1 atom stereocenters. The molecule has 0 saturated carbocycles. The number of aliphatic imine (C=N–C) groups is 1. The molecule has 0 spiro atoms. The Hall–Kier alpha value is -2.31. The van der Waals surface area contributed by atoms with Gasteiger partial charge in [-0.1, -0.05) is 48.5 Å². The number of hydrogen-bond donors (Lipinski definition) is 1. The van der Waals surface area contributed by atoms with Crippen molar-refractivity contribution in [3.05, 3.63) is 58.6 Å². The van der Waals surface area contributed by atoms with Gasteiger partial charge in [0.25, 0.3) is 0 Å².